The minimum Gasteiger partial charge on any atom is -0.296 e. The number of hydrogen-bond acceptors (Lipinski definition) is 4. The van der Waals surface area contributed by atoms with E-state index in [4.69, 9.17) is 0 Å². The smallest absolute Gasteiger partial charge is 0.171 e. The molecule has 2 aromatic carbocycles. The summed E-state index contributed by atoms with van der Waals surface area (Å²) in [6.07, 6.45) is -0.102. The second-order valence-electron chi connectivity index (χ2n) is 4.61. The van der Waals surface area contributed by atoms with Crippen LogP contribution in [0.4, 0.5) is 5.69 Å². The van der Waals surface area contributed by atoms with Gasteiger partial charge in [0.2, 0.25) is 0 Å². The van der Waals surface area contributed by atoms with Crippen LogP contribution >= 0.6 is 0 Å². The van der Waals surface area contributed by atoms with Gasteiger partial charge in [-0.1, -0.05) is 42.5 Å². The van der Waals surface area contributed by atoms with Crippen molar-refractivity contribution in [3.05, 3.63) is 65.7 Å². The van der Waals surface area contributed by atoms with Crippen LogP contribution in [0.2, 0.25) is 0 Å². The van der Waals surface area contributed by atoms with Gasteiger partial charge in [-0.2, -0.15) is 10.2 Å². The van der Waals surface area contributed by atoms with Crippen molar-refractivity contribution in [3.63, 3.8) is 0 Å². The van der Waals surface area contributed by atoms with Crippen molar-refractivity contribution in [2.45, 2.75) is 12.5 Å². The van der Waals surface area contributed by atoms with E-state index in [2.05, 4.69) is 10.2 Å². The average Bonchev–Trinajstić information content (AvgIpc) is 2.48. The quantitative estimate of drug-likeness (QED) is 0.613. The SMILES string of the molecule is O=C1CC(=O)C(N=Nc2ccccc2)c2ccccc21. The van der Waals surface area contributed by atoms with Crippen LogP contribution in [0.1, 0.15) is 28.4 Å². The number of fused-ring (bicyclic) bond motifs is 1. The fraction of sp³-hybridized carbons (Fsp3) is 0.125. The molecule has 4 nitrogen and oxygen atoms in total. The van der Waals surface area contributed by atoms with E-state index >= 15 is 0 Å². The topological polar surface area (TPSA) is 58.9 Å². The normalized spacial score (nSPS) is 18.3. The van der Waals surface area contributed by atoms with Gasteiger partial charge >= 0.3 is 0 Å². The molecule has 0 saturated heterocycles. The maximum atomic E-state index is 12.0. The molecule has 2 aromatic rings. The summed E-state index contributed by atoms with van der Waals surface area (Å²) in [5, 5.41) is 8.23. The summed E-state index contributed by atoms with van der Waals surface area (Å²) < 4.78 is 0. The summed E-state index contributed by atoms with van der Waals surface area (Å²) in [5.41, 5.74) is 1.91. The van der Waals surface area contributed by atoms with Crippen LogP contribution in [0.15, 0.2) is 64.8 Å². The van der Waals surface area contributed by atoms with Gasteiger partial charge in [0.15, 0.2) is 17.6 Å². The highest BCUT2D eigenvalue weighted by atomic mass is 16.2. The molecule has 20 heavy (non-hydrogen) atoms. The predicted molar refractivity (Wildman–Crippen MR) is 74.1 cm³/mol. The van der Waals surface area contributed by atoms with Crippen LogP contribution in [0, 0.1) is 0 Å². The van der Waals surface area contributed by atoms with Crippen molar-refractivity contribution in [2.24, 2.45) is 10.2 Å². The molecule has 0 spiro atoms. The van der Waals surface area contributed by atoms with Gasteiger partial charge in [-0.3, -0.25) is 9.59 Å². The molecule has 1 aliphatic rings. The number of benzene rings is 2. The largest absolute Gasteiger partial charge is 0.296 e. The third-order valence-corrected chi connectivity index (χ3v) is 3.24. The summed E-state index contributed by atoms with van der Waals surface area (Å²) in [6.45, 7) is 0. The summed E-state index contributed by atoms with van der Waals surface area (Å²) in [4.78, 5) is 23.8. The Morgan fingerprint density at radius 1 is 0.900 bits per heavy atom. The number of carbonyl (C=O) groups is 2. The minimum absolute atomic E-state index is 0.102. The van der Waals surface area contributed by atoms with Gasteiger partial charge in [-0.05, 0) is 17.7 Å². The van der Waals surface area contributed by atoms with Crippen molar-refractivity contribution in [1.29, 1.82) is 0 Å². The number of hydrogen-bond donors (Lipinski definition) is 0. The average molecular weight is 264 g/mol. The zero-order valence-electron chi connectivity index (χ0n) is 10.7. The highest BCUT2D eigenvalue weighted by Gasteiger charge is 2.32. The summed E-state index contributed by atoms with van der Waals surface area (Å²) in [7, 11) is 0. The third kappa shape index (κ3) is 2.28. The standard InChI is InChI=1S/C16H12N2O2/c19-14-10-15(20)16(13-9-5-4-8-12(13)14)18-17-11-6-2-1-3-7-11/h1-9,16H,10H2. The Morgan fingerprint density at radius 3 is 2.40 bits per heavy atom. The summed E-state index contributed by atoms with van der Waals surface area (Å²) in [6, 6.07) is 15.6. The molecule has 0 bridgehead atoms. The van der Waals surface area contributed by atoms with E-state index in [0.29, 0.717) is 16.8 Å². The van der Waals surface area contributed by atoms with Crippen LogP contribution in [0.25, 0.3) is 0 Å². The molecule has 0 fully saturated rings. The highest BCUT2D eigenvalue weighted by molar-refractivity contribution is 6.14. The van der Waals surface area contributed by atoms with Crippen LogP contribution < -0.4 is 0 Å². The molecular weight excluding hydrogens is 252 g/mol. The van der Waals surface area contributed by atoms with E-state index in [0.717, 1.165) is 0 Å². The monoisotopic (exact) mass is 264 g/mol. The van der Waals surface area contributed by atoms with Crippen molar-refractivity contribution in [2.75, 3.05) is 0 Å². The van der Waals surface area contributed by atoms with Gasteiger partial charge in [0.05, 0.1) is 12.1 Å². The Kier molecular flexibility index (Phi) is 3.21. The van der Waals surface area contributed by atoms with E-state index in [1.54, 1.807) is 24.3 Å². The van der Waals surface area contributed by atoms with Gasteiger partial charge in [-0.15, -0.1) is 0 Å². The zero-order valence-corrected chi connectivity index (χ0v) is 10.7. The molecular formula is C16H12N2O2. The van der Waals surface area contributed by atoms with Gasteiger partial charge in [0, 0.05) is 5.56 Å². The second kappa shape index (κ2) is 5.17. The summed E-state index contributed by atoms with van der Waals surface area (Å²) >= 11 is 0. The van der Waals surface area contributed by atoms with Crippen LogP contribution in [0.5, 0.6) is 0 Å². The van der Waals surface area contributed by atoms with Crippen LogP contribution in [0.3, 0.4) is 0 Å². The Morgan fingerprint density at radius 2 is 1.60 bits per heavy atom. The van der Waals surface area contributed by atoms with E-state index in [-0.39, 0.29) is 18.0 Å². The van der Waals surface area contributed by atoms with E-state index in [9.17, 15) is 9.59 Å². The lowest BCUT2D eigenvalue weighted by Gasteiger charge is -2.19. The third-order valence-electron chi connectivity index (χ3n) is 3.24. The second-order valence-corrected chi connectivity index (χ2v) is 4.61. The van der Waals surface area contributed by atoms with Gasteiger partial charge in [0.25, 0.3) is 0 Å². The maximum absolute atomic E-state index is 12.0. The Hall–Kier alpha value is -2.62. The zero-order chi connectivity index (χ0) is 13.9. The lowest BCUT2D eigenvalue weighted by Crippen LogP contribution is -2.23. The number of nitrogens with zero attached hydrogens (tertiary/aromatic N) is 2. The van der Waals surface area contributed by atoms with Crippen LogP contribution in [-0.2, 0) is 4.79 Å². The fourth-order valence-electron chi connectivity index (χ4n) is 2.26. The number of ketones is 2. The predicted octanol–water partition coefficient (Wildman–Crippen LogP) is 3.67. The number of carbonyl (C=O) groups excluding carboxylic acids is 2. The molecule has 3 rings (SSSR count). The first-order valence-corrected chi connectivity index (χ1v) is 6.36. The molecule has 0 amide bonds. The van der Waals surface area contributed by atoms with E-state index in [1.165, 1.54) is 0 Å². The van der Waals surface area contributed by atoms with Crippen LogP contribution in [-0.4, -0.2) is 11.6 Å². The molecule has 0 saturated carbocycles. The molecule has 0 heterocycles. The van der Waals surface area contributed by atoms with Crippen molar-refractivity contribution in [3.8, 4) is 0 Å². The molecule has 1 unspecified atom stereocenters. The lowest BCUT2D eigenvalue weighted by atomic mass is 9.86. The molecule has 1 aliphatic carbocycles. The highest BCUT2D eigenvalue weighted by Crippen LogP contribution is 2.31. The number of rotatable bonds is 2. The summed E-state index contributed by atoms with van der Waals surface area (Å²) in [5.74, 6) is -0.342. The van der Waals surface area contributed by atoms with Gasteiger partial charge in [-0.25, -0.2) is 0 Å². The van der Waals surface area contributed by atoms with Crippen molar-refractivity contribution in [1.82, 2.24) is 0 Å². The molecule has 0 radical (unpaired) electrons. The first-order chi connectivity index (χ1) is 9.75. The molecule has 0 aliphatic heterocycles. The van der Waals surface area contributed by atoms with Gasteiger partial charge in [0.1, 0.15) is 0 Å². The Balaban J connectivity index is 1.97. The first kappa shape index (κ1) is 12.4. The molecule has 0 aromatic heterocycles. The number of Topliss-reactive ketones (excluding diaryl/α,β-unsaturated/α-hetero) is 2. The Bertz CT molecular complexity index is 693. The lowest BCUT2D eigenvalue weighted by molar-refractivity contribution is -0.119. The molecule has 1 atom stereocenters. The fourth-order valence-corrected chi connectivity index (χ4v) is 2.26. The van der Waals surface area contributed by atoms with Gasteiger partial charge < -0.3 is 0 Å². The van der Waals surface area contributed by atoms with Crippen molar-refractivity contribution >= 4 is 17.3 Å². The molecule has 4 heteroatoms. The van der Waals surface area contributed by atoms with E-state index in [1.807, 2.05) is 30.3 Å². The molecule has 0 N–H and O–H groups in total. The first-order valence-electron chi connectivity index (χ1n) is 6.36. The maximum Gasteiger partial charge on any atom is 0.171 e. The van der Waals surface area contributed by atoms with Crippen molar-refractivity contribution < 1.29 is 9.59 Å². The minimum atomic E-state index is -0.677. The Labute approximate surface area is 116 Å². The molecule has 98 valence electrons. The van der Waals surface area contributed by atoms with E-state index < -0.39 is 6.04 Å². The number of azo groups is 1.